The molecular weight excluding hydrogens is 334 g/mol. The zero-order chi connectivity index (χ0) is 17.4. The quantitative estimate of drug-likeness (QED) is 0.661. The van der Waals surface area contributed by atoms with Crippen LogP contribution in [-0.4, -0.2) is 37.3 Å². The highest BCUT2D eigenvalue weighted by molar-refractivity contribution is 7.71. The Kier molecular flexibility index (Phi) is 4.43. The minimum absolute atomic E-state index is 0.339. The molecule has 1 fully saturated rings. The van der Waals surface area contributed by atoms with E-state index in [9.17, 15) is 0 Å². The molecule has 2 aromatic heterocycles. The fourth-order valence-corrected chi connectivity index (χ4v) is 3.74. The van der Waals surface area contributed by atoms with Gasteiger partial charge in [-0.3, -0.25) is 4.90 Å². The number of fused-ring (bicyclic) bond motifs is 1. The van der Waals surface area contributed by atoms with Crippen molar-refractivity contribution < 1.29 is 4.42 Å². The van der Waals surface area contributed by atoms with E-state index in [1.54, 1.807) is 0 Å². The number of nitrogens with zero attached hydrogens (tertiary/aromatic N) is 5. The average Bonchev–Trinajstić information content (AvgIpc) is 3.20. The number of para-hydroxylation sites is 2. The predicted octanol–water partition coefficient (Wildman–Crippen LogP) is 3.97. The zero-order valence-corrected chi connectivity index (χ0v) is 15.4. The molecule has 0 bridgehead atoms. The van der Waals surface area contributed by atoms with Gasteiger partial charge in [0.25, 0.3) is 0 Å². The maximum Gasteiger partial charge on any atom is 0.199 e. The second-order valence-corrected chi connectivity index (χ2v) is 7.33. The van der Waals surface area contributed by atoms with Gasteiger partial charge in [0.15, 0.2) is 16.2 Å². The maximum absolute atomic E-state index is 5.94. The van der Waals surface area contributed by atoms with Crippen LogP contribution in [0.4, 0.5) is 0 Å². The first-order valence-electron chi connectivity index (χ1n) is 8.83. The van der Waals surface area contributed by atoms with Crippen LogP contribution < -0.4 is 0 Å². The van der Waals surface area contributed by atoms with E-state index in [2.05, 4.69) is 28.8 Å². The summed E-state index contributed by atoms with van der Waals surface area (Å²) in [6, 6.07) is 8.31. The summed E-state index contributed by atoms with van der Waals surface area (Å²) in [4.78, 5) is 7.05. The minimum atomic E-state index is 0.339. The molecule has 0 amide bonds. The zero-order valence-electron chi connectivity index (χ0n) is 14.6. The summed E-state index contributed by atoms with van der Waals surface area (Å²) in [5.41, 5.74) is 1.83. The van der Waals surface area contributed by atoms with Gasteiger partial charge in [0.05, 0.1) is 6.67 Å². The Morgan fingerprint density at radius 1 is 1.24 bits per heavy atom. The smallest absolute Gasteiger partial charge is 0.199 e. The van der Waals surface area contributed by atoms with Crippen molar-refractivity contribution in [3.05, 3.63) is 41.3 Å². The van der Waals surface area contributed by atoms with Crippen molar-refractivity contribution in [2.45, 2.75) is 45.3 Å². The molecule has 0 saturated carbocycles. The number of aromatic nitrogens is 4. The van der Waals surface area contributed by atoms with Gasteiger partial charge in [-0.15, -0.1) is 0 Å². The predicted molar refractivity (Wildman–Crippen MR) is 99.0 cm³/mol. The van der Waals surface area contributed by atoms with E-state index in [-0.39, 0.29) is 0 Å². The molecule has 0 unspecified atom stereocenters. The summed E-state index contributed by atoms with van der Waals surface area (Å²) in [6.07, 6.45) is 3.92. The van der Waals surface area contributed by atoms with Crippen LogP contribution in [0.2, 0.25) is 0 Å². The second kappa shape index (κ2) is 6.72. The number of hydrogen-bond donors (Lipinski definition) is 0. The number of rotatable bonds is 4. The number of benzene rings is 1. The Morgan fingerprint density at radius 2 is 2.00 bits per heavy atom. The van der Waals surface area contributed by atoms with E-state index in [1.165, 1.54) is 0 Å². The maximum atomic E-state index is 5.94. The van der Waals surface area contributed by atoms with E-state index in [1.807, 2.05) is 39.8 Å². The van der Waals surface area contributed by atoms with Gasteiger partial charge in [0, 0.05) is 25.0 Å². The first kappa shape index (κ1) is 16.5. The fraction of sp³-hybridized carbons (Fsp3) is 0.500. The third kappa shape index (κ3) is 3.26. The van der Waals surface area contributed by atoms with Crippen molar-refractivity contribution in [3.8, 4) is 0 Å². The van der Waals surface area contributed by atoms with Gasteiger partial charge >= 0.3 is 0 Å². The molecule has 0 radical (unpaired) electrons. The summed E-state index contributed by atoms with van der Waals surface area (Å²) in [5.74, 6) is 1.27. The van der Waals surface area contributed by atoms with Gasteiger partial charge in [0.2, 0.25) is 0 Å². The molecule has 25 heavy (non-hydrogen) atoms. The molecule has 132 valence electrons. The molecule has 1 aliphatic rings. The van der Waals surface area contributed by atoms with Crippen molar-refractivity contribution in [1.82, 2.24) is 24.2 Å². The molecule has 3 heterocycles. The molecule has 6 nitrogen and oxygen atoms in total. The van der Waals surface area contributed by atoms with Crippen molar-refractivity contribution in [2.75, 3.05) is 13.1 Å². The van der Waals surface area contributed by atoms with Gasteiger partial charge in [-0.2, -0.15) is 5.10 Å². The summed E-state index contributed by atoms with van der Waals surface area (Å²) >= 11 is 5.52. The highest BCUT2D eigenvalue weighted by atomic mass is 32.1. The highest BCUT2D eigenvalue weighted by Gasteiger charge is 2.25. The van der Waals surface area contributed by atoms with Crippen LogP contribution in [0.3, 0.4) is 0 Å². The van der Waals surface area contributed by atoms with Gasteiger partial charge in [0.1, 0.15) is 11.8 Å². The Bertz CT molecular complexity index is 884. The third-order valence-electron chi connectivity index (χ3n) is 4.89. The Morgan fingerprint density at radius 3 is 2.68 bits per heavy atom. The standard InChI is InChI=1S/C18H23N5OS/c1-13(2)22-11-19-23(18(22)25)12-21-9-7-14(8-10-21)17-20-15-5-3-4-6-16(15)24-17/h3-6,11,13-14H,7-10,12H2,1-2H3. The summed E-state index contributed by atoms with van der Waals surface area (Å²) in [6.45, 7) is 6.99. The number of piperidine rings is 1. The molecule has 0 N–H and O–H groups in total. The summed E-state index contributed by atoms with van der Waals surface area (Å²) < 4.78 is 10.7. The lowest BCUT2D eigenvalue weighted by Crippen LogP contribution is -2.35. The number of oxazole rings is 1. The highest BCUT2D eigenvalue weighted by Crippen LogP contribution is 2.30. The van der Waals surface area contributed by atoms with Crippen LogP contribution >= 0.6 is 12.2 Å². The topological polar surface area (TPSA) is 52.0 Å². The molecule has 0 spiro atoms. The molecular formula is C18H23N5OS. The van der Waals surface area contributed by atoms with Crippen molar-refractivity contribution in [1.29, 1.82) is 0 Å². The van der Waals surface area contributed by atoms with E-state index >= 15 is 0 Å². The Labute approximate surface area is 152 Å². The van der Waals surface area contributed by atoms with Crippen molar-refractivity contribution in [2.24, 2.45) is 0 Å². The molecule has 0 atom stereocenters. The average molecular weight is 357 g/mol. The van der Waals surface area contributed by atoms with Gasteiger partial charge < -0.3 is 8.98 Å². The van der Waals surface area contributed by atoms with Crippen LogP contribution in [0.5, 0.6) is 0 Å². The molecule has 3 aromatic rings. The lowest BCUT2D eigenvalue weighted by atomic mass is 9.97. The van der Waals surface area contributed by atoms with E-state index < -0.39 is 0 Å². The summed E-state index contributed by atoms with van der Waals surface area (Å²) in [5, 5.41) is 4.44. The molecule has 1 aliphatic heterocycles. The van der Waals surface area contributed by atoms with E-state index in [0.29, 0.717) is 12.0 Å². The number of hydrogen-bond acceptors (Lipinski definition) is 5. The first-order valence-corrected chi connectivity index (χ1v) is 9.24. The SMILES string of the molecule is CC(C)n1cnn(CN2CCC(c3nc4ccccc4o3)CC2)c1=S. The van der Waals surface area contributed by atoms with Crippen LogP contribution in [0.1, 0.15) is 44.5 Å². The molecule has 7 heteroatoms. The van der Waals surface area contributed by atoms with Crippen LogP contribution in [0.15, 0.2) is 35.0 Å². The fourth-order valence-electron chi connectivity index (χ4n) is 3.38. The van der Waals surface area contributed by atoms with E-state index in [4.69, 9.17) is 16.6 Å². The van der Waals surface area contributed by atoms with Crippen LogP contribution in [0.25, 0.3) is 11.1 Å². The van der Waals surface area contributed by atoms with Crippen molar-refractivity contribution in [3.63, 3.8) is 0 Å². The minimum Gasteiger partial charge on any atom is -0.440 e. The number of likely N-dealkylation sites (tertiary alicyclic amines) is 1. The monoisotopic (exact) mass is 357 g/mol. The van der Waals surface area contributed by atoms with Gasteiger partial charge in [-0.25, -0.2) is 9.67 Å². The molecule has 1 saturated heterocycles. The van der Waals surface area contributed by atoms with Crippen LogP contribution in [-0.2, 0) is 6.67 Å². The molecule has 1 aromatic carbocycles. The largest absolute Gasteiger partial charge is 0.440 e. The first-order chi connectivity index (χ1) is 12.1. The van der Waals surface area contributed by atoms with E-state index in [0.717, 1.165) is 54.4 Å². The Balaban J connectivity index is 1.40. The molecule has 4 rings (SSSR count). The lowest BCUT2D eigenvalue weighted by molar-refractivity contribution is 0.153. The second-order valence-electron chi connectivity index (χ2n) is 6.97. The lowest BCUT2D eigenvalue weighted by Gasteiger charge is -2.30. The third-order valence-corrected chi connectivity index (χ3v) is 5.32. The van der Waals surface area contributed by atoms with Gasteiger partial charge in [-0.05, 0) is 51.0 Å². The van der Waals surface area contributed by atoms with Crippen LogP contribution in [0, 0.1) is 4.77 Å². The Hall–Kier alpha value is -1.99. The molecule has 0 aliphatic carbocycles. The summed E-state index contributed by atoms with van der Waals surface area (Å²) in [7, 11) is 0. The van der Waals surface area contributed by atoms with Gasteiger partial charge in [-0.1, -0.05) is 12.1 Å². The van der Waals surface area contributed by atoms with Crippen molar-refractivity contribution >= 4 is 23.3 Å². The normalized spacial score (nSPS) is 16.9.